The number of rotatable bonds is 5. The van der Waals surface area contributed by atoms with E-state index < -0.39 is 4.92 Å². The Hall–Kier alpha value is -1.14. The second kappa shape index (κ2) is 7.22. The lowest BCUT2D eigenvalue weighted by molar-refractivity contribution is -0.384. The molecule has 1 aromatic carbocycles. The van der Waals surface area contributed by atoms with E-state index in [1.807, 2.05) is 4.90 Å². The van der Waals surface area contributed by atoms with Crippen LogP contribution in [0.3, 0.4) is 0 Å². The van der Waals surface area contributed by atoms with Crippen molar-refractivity contribution in [2.24, 2.45) is 0 Å². The van der Waals surface area contributed by atoms with Gasteiger partial charge >= 0.3 is 0 Å². The lowest BCUT2D eigenvalue weighted by Gasteiger charge is -2.24. The number of benzene rings is 1. The van der Waals surface area contributed by atoms with Crippen LogP contribution in [0.15, 0.2) is 18.2 Å². The topological polar surface area (TPSA) is 63.4 Å². The van der Waals surface area contributed by atoms with Crippen molar-refractivity contribution in [3.63, 3.8) is 0 Å². The summed E-state index contributed by atoms with van der Waals surface area (Å²) in [5.74, 6) is -0.169. The second-order valence-electron chi connectivity index (χ2n) is 5.08. The Morgan fingerprint density at radius 1 is 1.48 bits per heavy atom. The number of likely N-dealkylation sites (tertiary alicyclic amines) is 1. The summed E-state index contributed by atoms with van der Waals surface area (Å²) in [5, 5.41) is 12.0. The van der Waals surface area contributed by atoms with Crippen LogP contribution in [0.4, 0.5) is 5.69 Å². The van der Waals surface area contributed by atoms with Gasteiger partial charge in [-0.3, -0.25) is 14.9 Å². The number of alkyl halides is 1. The number of amides is 1. The molecular formula is C14H16BrClN2O3. The molecule has 21 heavy (non-hydrogen) atoms. The van der Waals surface area contributed by atoms with Crippen LogP contribution in [0.5, 0.6) is 0 Å². The number of halogens is 2. The fourth-order valence-electron chi connectivity index (χ4n) is 2.68. The summed E-state index contributed by atoms with van der Waals surface area (Å²) in [7, 11) is 0. The van der Waals surface area contributed by atoms with E-state index >= 15 is 0 Å². The molecule has 0 aliphatic carbocycles. The Balaban J connectivity index is 2.21. The van der Waals surface area contributed by atoms with Gasteiger partial charge < -0.3 is 4.90 Å². The van der Waals surface area contributed by atoms with E-state index in [1.54, 1.807) is 0 Å². The lowest BCUT2D eigenvalue weighted by atomic mass is 10.1. The molecule has 0 spiro atoms. The molecule has 1 fully saturated rings. The fraction of sp³-hybridized carbons (Fsp3) is 0.500. The third-order valence-electron chi connectivity index (χ3n) is 3.65. The number of nitro benzene ring substituents is 1. The highest BCUT2D eigenvalue weighted by molar-refractivity contribution is 9.09. The summed E-state index contributed by atoms with van der Waals surface area (Å²) in [6.45, 7) is 0.700. The van der Waals surface area contributed by atoms with Crippen LogP contribution in [-0.2, 0) is 0 Å². The van der Waals surface area contributed by atoms with E-state index in [0.717, 1.165) is 31.0 Å². The van der Waals surface area contributed by atoms with Crippen LogP contribution in [0, 0.1) is 10.1 Å². The maximum absolute atomic E-state index is 12.6. The Bertz CT molecular complexity index is 553. The molecular weight excluding hydrogens is 360 g/mol. The number of nitro groups is 1. The van der Waals surface area contributed by atoms with Gasteiger partial charge in [0.1, 0.15) is 0 Å². The van der Waals surface area contributed by atoms with Crippen molar-refractivity contribution in [3.8, 4) is 0 Å². The van der Waals surface area contributed by atoms with Gasteiger partial charge in [0.15, 0.2) is 0 Å². The molecule has 1 amide bonds. The quantitative estimate of drug-likeness (QED) is 0.443. The Morgan fingerprint density at radius 3 is 2.90 bits per heavy atom. The van der Waals surface area contributed by atoms with E-state index in [4.69, 9.17) is 11.6 Å². The van der Waals surface area contributed by atoms with Crippen LogP contribution < -0.4 is 0 Å². The van der Waals surface area contributed by atoms with Gasteiger partial charge in [-0.2, -0.15) is 0 Å². The Morgan fingerprint density at radius 2 is 2.24 bits per heavy atom. The molecule has 0 bridgehead atoms. The van der Waals surface area contributed by atoms with Crippen LogP contribution in [0.2, 0.25) is 5.02 Å². The van der Waals surface area contributed by atoms with E-state index in [9.17, 15) is 14.9 Å². The zero-order chi connectivity index (χ0) is 15.4. The number of carbonyl (C=O) groups excluding carboxylic acids is 1. The van der Waals surface area contributed by atoms with Crippen molar-refractivity contribution in [1.82, 2.24) is 4.90 Å². The molecule has 0 saturated carbocycles. The molecule has 1 unspecified atom stereocenters. The number of hydrogen-bond acceptors (Lipinski definition) is 3. The molecule has 0 radical (unpaired) electrons. The van der Waals surface area contributed by atoms with E-state index in [2.05, 4.69) is 15.9 Å². The van der Waals surface area contributed by atoms with Gasteiger partial charge in [0.25, 0.3) is 11.6 Å². The molecule has 114 valence electrons. The van der Waals surface area contributed by atoms with Gasteiger partial charge in [0.05, 0.1) is 4.92 Å². The third-order valence-corrected chi connectivity index (χ3v) is 4.43. The van der Waals surface area contributed by atoms with E-state index in [0.29, 0.717) is 12.1 Å². The van der Waals surface area contributed by atoms with Gasteiger partial charge in [-0.25, -0.2) is 0 Å². The highest BCUT2D eigenvalue weighted by atomic mass is 79.9. The molecule has 1 aliphatic rings. The average molecular weight is 376 g/mol. The molecule has 1 aliphatic heterocycles. The van der Waals surface area contributed by atoms with Crippen LogP contribution in [0.1, 0.15) is 36.0 Å². The molecule has 7 heteroatoms. The third kappa shape index (κ3) is 3.95. The molecule has 0 aromatic heterocycles. The van der Waals surface area contributed by atoms with Crippen molar-refractivity contribution in [2.75, 3.05) is 11.9 Å². The largest absolute Gasteiger partial charge is 0.336 e. The standard InChI is InChI=1S/C14H16BrClN2O3/c15-5-1-3-12-4-2-6-17(12)14(19)10-7-11(16)9-13(8-10)18(20)21/h7-9,12H,1-6H2. The van der Waals surface area contributed by atoms with Crippen molar-refractivity contribution in [3.05, 3.63) is 38.9 Å². The summed E-state index contributed by atoms with van der Waals surface area (Å²) in [5.41, 5.74) is 0.141. The first-order valence-electron chi connectivity index (χ1n) is 6.85. The summed E-state index contributed by atoms with van der Waals surface area (Å²) >= 11 is 9.28. The normalized spacial score (nSPS) is 18.0. The molecule has 0 N–H and O–H groups in total. The molecule has 2 rings (SSSR count). The highest BCUT2D eigenvalue weighted by Crippen LogP contribution is 2.27. The smallest absolute Gasteiger partial charge is 0.271 e. The highest BCUT2D eigenvalue weighted by Gasteiger charge is 2.29. The van der Waals surface area contributed by atoms with Gasteiger partial charge in [-0.1, -0.05) is 27.5 Å². The number of carbonyl (C=O) groups is 1. The average Bonchev–Trinajstić information content (AvgIpc) is 2.91. The van der Waals surface area contributed by atoms with Gasteiger partial charge in [-0.15, -0.1) is 0 Å². The van der Waals surface area contributed by atoms with Crippen molar-refractivity contribution in [2.45, 2.75) is 31.7 Å². The minimum absolute atomic E-state index is 0.151. The van der Waals surface area contributed by atoms with Crippen LogP contribution >= 0.6 is 27.5 Å². The maximum atomic E-state index is 12.6. The Kier molecular flexibility index (Phi) is 5.58. The van der Waals surface area contributed by atoms with Gasteiger partial charge in [-0.05, 0) is 31.7 Å². The summed E-state index contributed by atoms with van der Waals surface area (Å²) in [6, 6.07) is 4.27. The molecule has 1 heterocycles. The maximum Gasteiger partial charge on any atom is 0.271 e. The molecule has 1 aromatic rings. The summed E-state index contributed by atoms with van der Waals surface area (Å²) in [6.07, 6.45) is 3.91. The van der Waals surface area contributed by atoms with E-state index in [-0.39, 0.29) is 22.7 Å². The predicted octanol–water partition coefficient (Wildman–Crippen LogP) is 4.03. The van der Waals surface area contributed by atoms with Crippen LogP contribution in [-0.4, -0.2) is 33.6 Å². The van der Waals surface area contributed by atoms with Crippen LogP contribution in [0.25, 0.3) is 0 Å². The number of hydrogen-bond donors (Lipinski definition) is 0. The molecule has 1 atom stereocenters. The van der Waals surface area contributed by atoms with Crippen molar-refractivity contribution >= 4 is 39.1 Å². The first kappa shape index (κ1) is 16.2. The SMILES string of the molecule is O=C(c1cc(Cl)cc([N+](=O)[O-])c1)N1CCCC1CCCBr. The first-order chi connectivity index (χ1) is 10.0. The summed E-state index contributed by atoms with van der Waals surface area (Å²) < 4.78 is 0. The monoisotopic (exact) mass is 374 g/mol. The number of non-ortho nitro benzene ring substituents is 1. The predicted molar refractivity (Wildman–Crippen MR) is 85.2 cm³/mol. The lowest BCUT2D eigenvalue weighted by Crippen LogP contribution is -2.35. The Labute approximate surface area is 136 Å². The van der Waals surface area contributed by atoms with Gasteiger partial charge in [0, 0.05) is 40.6 Å². The number of nitrogens with zero attached hydrogens (tertiary/aromatic N) is 2. The first-order valence-corrected chi connectivity index (χ1v) is 8.35. The minimum atomic E-state index is -0.533. The van der Waals surface area contributed by atoms with Crippen molar-refractivity contribution < 1.29 is 9.72 Å². The van der Waals surface area contributed by atoms with E-state index in [1.165, 1.54) is 18.2 Å². The zero-order valence-corrected chi connectivity index (χ0v) is 13.8. The molecule has 1 saturated heterocycles. The van der Waals surface area contributed by atoms with Crippen molar-refractivity contribution in [1.29, 1.82) is 0 Å². The fourth-order valence-corrected chi connectivity index (χ4v) is 3.24. The second-order valence-corrected chi connectivity index (χ2v) is 6.31. The minimum Gasteiger partial charge on any atom is -0.336 e. The zero-order valence-electron chi connectivity index (χ0n) is 11.4. The van der Waals surface area contributed by atoms with Gasteiger partial charge in [0.2, 0.25) is 0 Å². The summed E-state index contributed by atoms with van der Waals surface area (Å²) in [4.78, 5) is 24.7. The molecule has 5 nitrogen and oxygen atoms in total.